The number of likely N-dealkylation sites (N-methyl/N-ethyl adjacent to an activating group) is 1. The van der Waals surface area contributed by atoms with Gasteiger partial charge in [-0.25, -0.2) is 4.98 Å². The highest BCUT2D eigenvalue weighted by molar-refractivity contribution is 6.00. The standard InChI is InChI=1S/C26H30F3N7O2/c1-16-6-5-7-18(24(37)30-2)22(16)33-23-19(26(27,28)29)15-31-25(34-23)32-20-9-8-17(14-21(20)38-4)36-12-10-35(3)11-13-36/h5-9,14-15H,10-13H2,1-4H3,(H,30,37)(H2,31,32,33,34). The van der Waals surface area contributed by atoms with Crippen molar-refractivity contribution in [2.45, 2.75) is 13.1 Å². The Kier molecular flexibility index (Phi) is 7.91. The topological polar surface area (TPSA) is 94.6 Å². The van der Waals surface area contributed by atoms with E-state index in [0.717, 1.165) is 31.9 Å². The zero-order valence-corrected chi connectivity index (χ0v) is 21.6. The molecule has 0 aliphatic carbocycles. The Balaban J connectivity index is 1.67. The monoisotopic (exact) mass is 529 g/mol. The molecule has 1 saturated heterocycles. The number of carbonyl (C=O) groups excluding carboxylic acids is 1. The molecule has 1 aliphatic heterocycles. The van der Waals surface area contributed by atoms with E-state index in [2.05, 4.69) is 42.8 Å². The summed E-state index contributed by atoms with van der Waals surface area (Å²) in [7, 11) is 5.05. The molecule has 1 amide bonds. The van der Waals surface area contributed by atoms with Crippen LogP contribution in [0.1, 0.15) is 21.5 Å². The summed E-state index contributed by atoms with van der Waals surface area (Å²) in [5, 5.41) is 8.20. The Morgan fingerprint density at radius 2 is 1.82 bits per heavy atom. The van der Waals surface area contributed by atoms with E-state index in [9.17, 15) is 18.0 Å². The Labute approximate surface area is 219 Å². The minimum absolute atomic E-state index is 0.0683. The van der Waals surface area contributed by atoms with E-state index in [1.54, 1.807) is 25.1 Å². The second kappa shape index (κ2) is 11.1. The third-order valence-electron chi connectivity index (χ3n) is 6.38. The van der Waals surface area contributed by atoms with Crippen LogP contribution >= 0.6 is 0 Å². The van der Waals surface area contributed by atoms with Gasteiger partial charge >= 0.3 is 6.18 Å². The number of para-hydroxylation sites is 1. The fraction of sp³-hybridized carbons (Fsp3) is 0.346. The summed E-state index contributed by atoms with van der Waals surface area (Å²) in [6.07, 6.45) is -4.01. The lowest BCUT2D eigenvalue weighted by atomic mass is 10.1. The number of piperazine rings is 1. The second-order valence-electron chi connectivity index (χ2n) is 8.96. The summed E-state index contributed by atoms with van der Waals surface area (Å²) in [5.41, 5.74) is 1.40. The number of ether oxygens (including phenoxy) is 1. The van der Waals surface area contributed by atoms with E-state index < -0.39 is 23.5 Å². The molecule has 0 saturated carbocycles. The second-order valence-corrected chi connectivity index (χ2v) is 8.96. The molecule has 0 bridgehead atoms. The number of benzene rings is 2. The maximum Gasteiger partial charge on any atom is 0.421 e. The van der Waals surface area contributed by atoms with E-state index in [-0.39, 0.29) is 17.2 Å². The van der Waals surface area contributed by atoms with Crippen molar-refractivity contribution >= 4 is 34.7 Å². The molecule has 38 heavy (non-hydrogen) atoms. The number of aromatic nitrogens is 2. The van der Waals surface area contributed by atoms with Gasteiger partial charge in [-0.1, -0.05) is 12.1 Å². The zero-order valence-electron chi connectivity index (χ0n) is 21.6. The predicted molar refractivity (Wildman–Crippen MR) is 141 cm³/mol. The van der Waals surface area contributed by atoms with E-state index in [1.807, 2.05) is 12.1 Å². The van der Waals surface area contributed by atoms with Gasteiger partial charge in [-0.15, -0.1) is 0 Å². The van der Waals surface area contributed by atoms with Gasteiger partial charge in [-0.3, -0.25) is 4.79 Å². The summed E-state index contributed by atoms with van der Waals surface area (Å²) in [5.74, 6) is -0.494. The minimum Gasteiger partial charge on any atom is -0.494 e. The van der Waals surface area contributed by atoms with Gasteiger partial charge in [0.25, 0.3) is 5.91 Å². The molecule has 9 nitrogen and oxygen atoms in total. The van der Waals surface area contributed by atoms with Crippen molar-refractivity contribution in [1.82, 2.24) is 20.2 Å². The van der Waals surface area contributed by atoms with Crippen LogP contribution in [0.4, 0.5) is 42.0 Å². The van der Waals surface area contributed by atoms with Crippen LogP contribution in [0.25, 0.3) is 0 Å². The van der Waals surface area contributed by atoms with E-state index in [4.69, 9.17) is 4.74 Å². The SMILES string of the molecule is CNC(=O)c1cccc(C)c1Nc1nc(Nc2ccc(N3CCN(C)CC3)cc2OC)ncc1C(F)(F)F. The number of hydrogen-bond donors (Lipinski definition) is 3. The lowest BCUT2D eigenvalue weighted by Gasteiger charge is -2.34. The number of alkyl halides is 3. The number of rotatable bonds is 7. The molecule has 0 atom stereocenters. The van der Waals surface area contributed by atoms with Crippen molar-refractivity contribution in [2.24, 2.45) is 0 Å². The van der Waals surface area contributed by atoms with Gasteiger partial charge in [0.15, 0.2) is 0 Å². The number of amides is 1. The van der Waals surface area contributed by atoms with Gasteiger partial charge < -0.3 is 30.5 Å². The Hall–Kier alpha value is -4.06. The Morgan fingerprint density at radius 1 is 1.08 bits per heavy atom. The zero-order chi connectivity index (χ0) is 27.4. The van der Waals surface area contributed by atoms with Crippen LogP contribution in [-0.2, 0) is 6.18 Å². The van der Waals surface area contributed by atoms with Gasteiger partial charge in [0.1, 0.15) is 17.1 Å². The van der Waals surface area contributed by atoms with E-state index >= 15 is 0 Å². The number of carbonyl (C=O) groups is 1. The average Bonchev–Trinajstić information content (AvgIpc) is 2.89. The first-order valence-corrected chi connectivity index (χ1v) is 12.0. The Bertz CT molecular complexity index is 1310. The highest BCUT2D eigenvalue weighted by Crippen LogP contribution is 2.37. The molecule has 4 rings (SSSR count). The van der Waals surface area contributed by atoms with Crippen LogP contribution in [0.2, 0.25) is 0 Å². The van der Waals surface area contributed by atoms with Gasteiger partial charge in [-0.2, -0.15) is 18.2 Å². The van der Waals surface area contributed by atoms with Gasteiger partial charge in [0, 0.05) is 51.2 Å². The maximum atomic E-state index is 13.9. The number of anilines is 5. The number of aryl methyl sites for hydroxylation is 1. The molecule has 0 spiro atoms. The average molecular weight is 530 g/mol. The lowest BCUT2D eigenvalue weighted by molar-refractivity contribution is -0.137. The number of hydrogen-bond acceptors (Lipinski definition) is 8. The molecule has 2 aromatic carbocycles. The van der Waals surface area contributed by atoms with Crippen LogP contribution in [0.3, 0.4) is 0 Å². The number of nitrogens with one attached hydrogen (secondary N) is 3. The van der Waals surface area contributed by atoms with Gasteiger partial charge in [0.05, 0.1) is 24.0 Å². The number of nitrogens with zero attached hydrogens (tertiary/aromatic N) is 4. The summed E-state index contributed by atoms with van der Waals surface area (Å²) in [6.45, 7) is 5.33. The first kappa shape index (κ1) is 27.0. The maximum absolute atomic E-state index is 13.9. The number of halogens is 3. The molecule has 3 aromatic rings. The van der Waals surface area contributed by atoms with Gasteiger partial charge in [-0.05, 0) is 37.7 Å². The highest BCUT2D eigenvalue weighted by atomic mass is 19.4. The Morgan fingerprint density at radius 3 is 2.47 bits per heavy atom. The number of methoxy groups -OCH3 is 1. The molecule has 0 radical (unpaired) electrons. The van der Waals surface area contributed by atoms with Gasteiger partial charge in [0.2, 0.25) is 5.95 Å². The molecular weight excluding hydrogens is 499 g/mol. The van der Waals surface area contributed by atoms with E-state index in [1.165, 1.54) is 20.2 Å². The van der Waals surface area contributed by atoms with Crippen LogP contribution in [0, 0.1) is 6.92 Å². The lowest BCUT2D eigenvalue weighted by Crippen LogP contribution is -2.44. The van der Waals surface area contributed by atoms with Crippen LogP contribution < -0.4 is 25.6 Å². The van der Waals surface area contributed by atoms with Crippen molar-refractivity contribution in [1.29, 1.82) is 0 Å². The van der Waals surface area contributed by atoms with Crippen molar-refractivity contribution in [3.8, 4) is 5.75 Å². The largest absolute Gasteiger partial charge is 0.494 e. The van der Waals surface area contributed by atoms with Crippen molar-refractivity contribution < 1.29 is 22.7 Å². The highest BCUT2D eigenvalue weighted by Gasteiger charge is 2.36. The molecule has 12 heteroatoms. The summed E-state index contributed by atoms with van der Waals surface area (Å²) < 4.78 is 47.1. The normalized spacial score (nSPS) is 14.2. The van der Waals surface area contributed by atoms with Crippen molar-refractivity contribution in [3.05, 3.63) is 59.3 Å². The van der Waals surface area contributed by atoms with Crippen LogP contribution in [0.15, 0.2) is 42.6 Å². The first-order valence-electron chi connectivity index (χ1n) is 12.0. The molecule has 3 N–H and O–H groups in total. The third-order valence-corrected chi connectivity index (χ3v) is 6.38. The van der Waals surface area contributed by atoms with Crippen LogP contribution in [0.5, 0.6) is 5.75 Å². The van der Waals surface area contributed by atoms with Crippen molar-refractivity contribution in [3.63, 3.8) is 0 Å². The predicted octanol–water partition coefficient (Wildman–Crippen LogP) is 4.41. The minimum atomic E-state index is -4.72. The molecule has 1 aliphatic rings. The quantitative estimate of drug-likeness (QED) is 0.415. The van der Waals surface area contributed by atoms with E-state index in [0.29, 0.717) is 23.2 Å². The third kappa shape index (κ3) is 5.91. The molecule has 0 unspecified atom stereocenters. The smallest absolute Gasteiger partial charge is 0.421 e. The van der Waals surface area contributed by atoms with Crippen LogP contribution in [-0.4, -0.2) is 68.2 Å². The fourth-order valence-electron chi connectivity index (χ4n) is 4.19. The summed E-state index contributed by atoms with van der Waals surface area (Å²) in [4.78, 5) is 24.9. The molecule has 202 valence electrons. The first-order chi connectivity index (χ1) is 18.1. The molecule has 1 fully saturated rings. The molecule has 1 aromatic heterocycles. The summed E-state index contributed by atoms with van der Waals surface area (Å²) >= 11 is 0. The summed E-state index contributed by atoms with van der Waals surface area (Å²) in [6, 6.07) is 10.4. The van der Waals surface area contributed by atoms with Crippen molar-refractivity contribution in [2.75, 3.05) is 62.9 Å². The molecule has 2 heterocycles. The molecular formula is C26H30F3N7O2. The fourth-order valence-corrected chi connectivity index (χ4v) is 4.19.